The first kappa shape index (κ1) is 14.7. The Labute approximate surface area is 116 Å². The average Bonchev–Trinajstić information content (AvgIpc) is 2.63. The second-order valence-electron chi connectivity index (χ2n) is 4.16. The SMILES string of the molecule is O=C(O)c1ccc2c(c1)N(CCSC(F)(F)F)C(=O)C2. The summed E-state index contributed by atoms with van der Waals surface area (Å²) in [4.78, 5) is 23.8. The number of nitrogens with zero attached hydrogens (tertiary/aromatic N) is 1. The van der Waals surface area contributed by atoms with Crippen LogP contribution in [0.2, 0.25) is 0 Å². The lowest BCUT2D eigenvalue weighted by atomic mass is 10.1. The largest absolute Gasteiger partial charge is 0.478 e. The third kappa shape index (κ3) is 3.24. The van der Waals surface area contributed by atoms with Crippen molar-refractivity contribution in [1.29, 1.82) is 0 Å². The van der Waals surface area contributed by atoms with Gasteiger partial charge in [0.05, 0.1) is 12.0 Å². The topological polar surface area (TPSA) is 57.6 Å². The van der Waals surface area contributed by atoms with Gasteiger partial charge < -0.3 is 10.0 Å². The normalized spacial score (nSPS) is 14.6. The molecule has 0 radical (unpaired) electrons. The number of hydrogen-bond donors (Lipinski definition) is 1. The van der Waals surface area contributed by atoms with Crippen LogP contribution < -0.4 is 4.90 Å². The first-order valence-corrected chi connectivity index (χ1v) is 6.64. The highest BCUT2D eigenvalue weighted by Crippen LogP contribution is 2.33. The number of carboxylic acids is 1. The molecule has 2 rings (SSSR count). The van der Waals surface area contributed by atoms with E-state index >= 15 is 0 Å². The van der Waals surface area contributed by atoms with E-state index in [1.165, 1.54) is 23.1 Å². The van der Waals surface area contributed by atoms with Gasteiger partial charge in [-0.15, -0.1) is 0 Å². The number of fused-ring (bicyclic) bond motifs is 1. The second kappa shape index (κ2) is 5.35. The van der Waals surface area contributed by atoms with Gasteiger partial charge in [-0.3, -0.25) is 4.79 Å². The van der Waals surface area contributed by atoms with Crippen LogP contribution >= 0.6 is 11.8 Å². The monoisotopic (exact) mass is 305 g/mol. The van der Waals surface area contributed by atoms with Gasteiger partial charge in [0, 0.05) is 18.0 Å². The standard InChI is InChI=1S/C12H10F3NO3S/c13-12(14,15)20-4-3-16-9-5-8(11(18)19)2-1-7(9)6-10(16)17/h1-2,5H,3-4,6H2,(H,18,19). The molecule has 1 N–H and O–H groups in total. The van der Waals surface area contributed by atoms with Gasteiger partial charge >= 0.3 is 11.5 Å². The van der Waals surface area contributed by atoms with Crippen molar-refractivity contribution in [3.8, 4) is 0 Å². The zero-order valence-corrected chi connectivity index (χ0v) is 10.9. The molecule has 1 aliphatic rings. The smallest absolute Gasteiger partial charge is 0.441 e. The summed E-state index contributed by atoms with van der Waals surface area (Å²) in [6.07, 6.45) is 0.0892. The van der Waals surface area contributed by atoms with Gasteiger partial charge in [0.1, 0.15) is 0 Å². The zero-order valence-electron chi connectivity index (χ0n) is 10.1. The van der Waals surface area contributed by atoms with Crippen LogP contribution in [0.15, 0.2) is 18.2 Å². The summed E-state index contributed by atoms with van der Waals surface area (Å²) < 4.78 is 36.2. The number of halogens is 3. The number of anilines is 1. The lowest BCUT2D eigenvalue weighted by molar-refractivity contribution is -0.117. The Morgan fingerprint density at radius 1 is 1.40 bits per heavy atom. The van der Waals surface area contributed by atoms with Crippen LogP contribution in [0.25, 0.3) is 0 Å². The molecule has 0 bridgehead atoms. The molecule has 20 heavy (non-hydrogen) atoms. The van der Waals surface area contributed by atoms with Crippen molar-refractivity contribution in [2.45, 2.75) is 11.9 Å². The van der Waals surface area contributed by atoms with Gasteiger partial charge in [0.15, 0.2) is 0 Å². The highest BCUT2D eigenvalue weighted by atomic mass is 32.2. The summed E-state index contributed by atoms with van der Waals surface area (Å²) in [5.74, 6) is -1.74. The van der Waals surface area contributed by atoms with E-state index in [-0.39, 0.29) is 42.0 Å². The molecule has 108 valence electrons. The number of amides is 1. The molecule has 1 aliphatic heterocycles. The fraction of sp³-hybridized carbons (Fsp3) is 0.333. The molecular formula is C12H10F3NO3S. The van der Waals surface area contributed by atoms with Gasteiger partial charge in [0.25, 0.3) is 0 Å². The van der Waals surface area contributed by atoms with Gasteiger partial charge in [-0.05, 0) is 29.5 Å². The maximum atomic E-state index is 12.1. The van der Waals surface area contributed by atoms with E-state index in [0.29, 0.717) is 11.3 Å². The van der Waals surface area contributed by atoms with Crippen molar-refractivity contribution in [2.75, 3.05) is 17.2 Å². The number of hydrogen-bond acceptors (Lipinski definition) is 3. The molecule has 1 aromatic rings. The van der Waals surface area contributed by atoms with E-state index in [9.17, 15) is 22.8 Å². The maximum absolute atomic E-state index is 12.1. The van der Waals surface area contributed by atoms with Crippen LogP contribution in [0.1, 0.15) is 15.9 Å². The summed E-state index contributed by atoms with van der Waals surface area (Å²) >= 11 is -0.203. The number of thioether (sulfide) groups is 1. The molecule has 0 atom stereocenters. The summed E-state index contributed by atoms with van der Waals surface area (Å²) in [6.45, 7) is -0.0981. The van der Waals surface area contributed by atoms with E-state index in [4.69, 9.17) is 5.11 Å². The first-order valence-electron chi connectivity index (χ1n) is 5.65. The number of carbonyl (C=O) groups is 2. The zero-order chi connectivity index (χ0) is 14.9. The molecule has 0 unspecified atom stereocenters. The van der Waals surface area contributed by atoms with E-state index in [1.54, 1.807) is 0 Å². The molecule has 4 nitrogen and oxygen atoms in total. The van der Waals surface area contributed by atoms with Crippen molar-refractivity contribution in [3.05, 3.63) is 29.3 Å². The molecule has 1 amide bonds. The fourth-order valence-electron chi connectivity index (χ4n) is 1.99. The van der Waals surface area contributed by atoms with Crippen molar-refractivity contribution < 1.29 is 27.9 Å². The number of carboxylic acid groups (broad SMARTS) is 1. The Morgan fingerprint density at radius 2 is 2.10 bits per heavy atom. The fourth-order valence-corrected chi connectivity index (χ4v) is 2.49. The van der Waals surface area contributed by atoms with Crippen molar-refractivity contribution in [1.82, 2.24) is 0 Å². The van der Waals surface area contributed by atoms with Gasteiger partial charge in [-0.25, -0.2) is 4.79 Å². The quantitative estimate of drug-likeness (QED) is 0.928. The molecule has 0 aromatic heterocycles. The number of benzene rings is 1. The predicted molar refractivity (Wildman–Crippen MR) is 68.0 cm³/mol. The molecule has 0 spiro atoms. The van der Waals surface area contributed by atoms with E-state index < -0.39 is 11.5 Å². The summed E-state index contributed by atoms with van der Waals surface area (Å²) in [5.41, 5.74) is -3.31. The highest BCUT2D eigenvalue weighted by molar-refractivity contribution is 8.00. The summed E-state index contributed by atoms with van der Waals surface area (Å²) in [5, 5.41) is 8.89. The molecule has 1 heterocycles. The van der Waals surface area contributed by atoms with Crippen LogP contribution in [-0.4, -0.2) is 34.8 Å². The maximum Gasteiger partial charge on any atom is 0.441 e. The van der Waals surface area contributed by atoms with Crippen molar-refractivity contribution in [3.63, 3.8) is 0 Å². The second-order valence-corrected chi connectivity index (χ2v) is 5.32. The minimum atomic E-state index is -4.34. The van der Waals surface area contributed by atoms with Crippen molar-refractivity contribution in [2.24, 2.45) is 0 Å². The molecule has 0 saturated carbocycles. The number of rotatable bonds is 4. The third-order valence-corrected chi connectivity index (χ3v) is 3.56. The van der Waals surface area contributed by atoms with Crippen LogP contribution in [0.5, 0.6) is 0 Å². The first-order chi connectivity index (χ1) is 9.28. The lowest BCUT2D eigenvalue weighted by Gasteiger charge is -2.18. The number of alkyl halides is 3. The molecule has 8 heteroatoms. The molecule has 0 saturated heterocycles. The Bertz CT molecular complexity index is 559. The molecular weight excluding hydrogens is 295 g/mol. The third-order valence-electron chi connectivity index (χ3n) is 2.85. The van der Waals surface area contributed by atoms with Gasteiger partial charge in [0.2, 0.25) is 5.91 Å². The van der Waals surface area contributed by atoms with Crippen LogP contribution in [-0.2, 0) is 11.2 Å². The van der Waals surface area contributed by atoms with Gasteiger partial charge in [-0.2, -0.15) is 13.2 Å². The summed E-state index contributed by atoms with van der Waals surface area (Å²) in [7, 11) is 0. The number of carbonyl (C=O) groups excluding carboxylic acids is 1. The summed E-state index contributed by atoms with van der Waals surface area (Å²) in [6, 6.07) is 4.22. The Morgan fingerprint density at radius 3 is 2.70 bits per heavy atom. The minimum Gasteiger partial charge on any atom is -0.478 e. The lowest BCUT2D eigenvalue weighted by Crippen LogP contribution is -2.29. The van der Waals surface area contributed by atoms with Gasteiger partial charge in [-0.1, -0.05) is 6.07 Å². The van der Waals surface area contributed by atoms with E-state index in [1.807, 2.05) is 0 Å². The molecule has 0 aliphatic carbocycles. The minimum absolute atomic E-state index is 0.00641. The molecule has 1 aromatic carbocycles. The number of aromatic carboxylic acids is 1. The van der Waals surface area contributed by atoms with Crippen LogP contribution in [0.4, 0.5) is 18.9 Å². The predicted octanol–water partition coefficient (Wildman–Crippen LogP) is 2.53. The van der Waals surface area contributed by atoms with Crippen LogP contribution in [0, 0.1) is 0 Å². The Hall–Kier alpha value is -1.70. The van der Waals surface area contributed by atoms with E-state index in [0.717, 1.165) is 0 Å². The van der Waals surface area contributed by atoms with Crippen molar-refractivity contribution >= 4 is 29.3 Å². The van der Waals surface area contributed by atoms with Crippen LogP contribution in [0.3, 0.4) is 0 Å². The Kier molecular flexibility index (Phi) is 3.94. The average molecular weight is 305 g/mol. The molecule has 0 fully saturated rings. The van der Waals surface area contributed by atoms with E-state index in [2.05, 4.69) is 0 Å². The highest BCUT2D eigenvalue weighted by Gasteiger charge is 2.31. The Balaban J connectivity index is 2.14.